The molecule has 0 N–H and O–H groups in total. The highest BCUT2D eigenvalue weighted by atomic mass is 15.1. The number of nitrogens with zero attached hydrogens (tertiary/aromatic N) is 1. The highest BCUT2D eigenvalue weighted by molar-refractivity contribution is 4.83. The minimum atomic E-state index is 0.710. The quantitative estimate of drug-likeness (QED) is 0.628. The summed E-state index contributed by atoms with van der Waals surface area (Å²) in [5.41, 5.74) is 0.710. The Morgan fingerprint density at radius 2 is 1.75 bits per heavy atom. The van der Waals surface area contributed by atoms with Gasteiger partial charge in [0, 0.05) is 0 Å². The van der Waals surface area contributed by atoms with Gasteiger partial charge in [-0.1, -0.05) is 26.7 Å². The molecule has 1 heteroatoms. The van der Waals surface area contributed by atoms with Crippen LogP contribution in [0.1, 0.15) is 46.0 Å². The van der Waals surface area contributed by atoms with Crippen LogP contribution in [-0.4, -0.2) is 25.0 Å². The lowest BCUT2D eigenvalue weighted by Crippen LogP contribution is -2.37. The number of piperidine rings is 1. The molecule has 1 rings (SSSR count). The Bertz CT molecular complexity index is 123. The fourth-order valence-corrected chi connectivity index (χ4v) is 2.40. The fourth-order valence-electron chi connectivity index (χ4n) is 2.40. The Balaban J connectivity index is 2.45. The van der Waals surface area contributed by atoms with Gasteiger partial charge in [0.05, 0.1) is 0 Å². The lowest BCUT2D eigenvalue weighted by molar-refractivity contribution is 0.107. The summed E-state index contributed by atoms with van der Waals surface area (Å²) in [5.74, 6) is 0. The van der Waals surface area contributed by atoms with Gasteiger partial charge in [0.2, 0.25) is 0 Å². The first-order valence-electron chi connectivity index (χ1n) is 5.41. The van der Waals surface area contributed by atoms with E-state index in [0.717, 1.165) is 0 Å². The van der Waals surface area contributed by atoms with Crippen molar-refractivity contribution in [1.29, 1.82) is 0 Å². The molecule has 0 bridgehead atoms. The predicted molar refractivity (Wildman–Crippen MR) is 54.4 cm³/mol. The van der Waals surface area contributed by atoms with E-state index in [9.17, 15) is 0 Å². The fraction of sp³-hybridized carbons (Fsp3) is 1.00. The minimum Gasteiger partial charge on any atom is -0.306 e. The molecule has 1 fully saturated rings. The van der Waals surface area contributed by atoms with E-state index in [1.165, 1.54) is 45.2 Å². The molecule has 1 saturated heterocycles. The van der Waals surface area contributed by atoms with E-state index in [2.05, 4.69) is 25.8 Å². The third-order valence-corrected chi connectivity index (χ3v) is 3.58. The molecule has 0 aromatic heterocycles. The van der Waals surface area contributed by atoms with Crippen molar-refractivity contribution in [3.05, 3.63) is 0 Å². The van der Waals surface area contributed by atoms with Crippen LogP contribution in [0.2, 0.25) is 0 Å². The third kappa shape index (κ3) is 2.22. The number of hydrogen-bond donors (Lipinski definition) is 0. The second-order valence-corrected chi connectivity index (χ2v) is 4.41. The first kappa shape index (κ1) is 10.0. The van der Waals surface area contributed by atoms with Crippen LogP contribution in [0.3, 0.4) is 0 Å². The summed E-state index contributed by atoms with van der Waals surface area (Å²) in [6.45, 7) is 7.30. The van der Waals surface area contributed by atoms with Crippen molar-refractivity contribution in [2.24, 2.45) is 5.41 Å². The molecule has 1 nitrogen and oxygen atoms in total. The Labute approximate surface area is 77.1 Å². The zero-order valence-corrected chi connectivity index (χ0v) is 8.90. The van der Waals surface area contributed by atoms with E-state index < -0.39 is 0 Å². The zero-order valence-electron chi connectivity index (χ0n) is 8.90. The van der Waals surface area contributed by atoms with Crippen molar-refractivity contribution in [3.8, 4) is 0 Å². The first-order valence-corrected chi connectivity index (χ1v) is 5.41. The SMILES string of the molecule is CCCC1(CC)CCN(C)CC1. The molecule has 0 aromatic carbocycles. The van der Waals surface area contributed by atoms with Crippen LogP contribution in [0.15, 0.2) is 0 Å². The maximum absolute atomic E-state index is 2.46. The van der Waals surface area contributed by atoms with E-state index in [0.29, 0.717) is 5.41 Å². The van der Waals surface area contributed by atoms with Gasteiger partial charge in [-0.25, -0.2) is 0 Å². The van der Waals surface area contributed by atoms with E-state index >= 15 is 0 Å². The van der Waals surface area contributed by atoms with Crippen LogP contribution >= 0.6 is 0 Å². The van der Waals surface area contributed by atoms with Crippen molar-refractivity contribution < 1.29 is 0 Å². The van der Waals surface area contributed by atoms with E-state index in [4.69, 9.17) is 0 Å². The molecule has 1 aliphatic heterocycles. The van der Waals surface area contributed by atoms with Crippen molar-refractivity contribution >= 4 is 0 Å². The Morgan fingerprint density at radius 1 is 1.17 bits per heavy atom. The molecule has 0 saturated carbocycles. The minimum absolute atomic E-state index is 0.710. The standard InChI is InChI=1S/C11H23N/c1-4-6-11(5-2)7-9-12(3)10-8-11/h4-10H2,1-3H3. The lowest BCUT2D eigenvalue weighted by atomic mass is 9.73. The van der Waals surface area contributed by atoms with Crippen LogP contribution in [0.5, 0.6) is 0 Å². The van der Waals surface area contributed by atoms with Crippen LogP contribution in [0.4, 0.5) is 0 Å². The van der Waals surface area contributed by atoms with Crippen molar-refractivity contribution in [2.45, 2.75) is 46.0 Å². The predicted octanol–water partition coefficient (Wildman–Crippen LogP) is 2.91. The highest BCUT2D eigenvalue weighted by Gasteiger charge is 2.30. The van der Waals surface area contributed by atoms with Gasteiger partial charge in [-0.05, 0) is 44.8 Å². The van der Waals surface area contributed by atoms with Crippen LogP contribution < -0.4 is 0 Å². The van der Waals surface area contributed by atoms with Crippen LogP contribution in [-0.2, 0) is 0 Å². The number of hydrogen-bond acceptors (Lipinski definition) is 1. The van der Waals surface area contributed by atoms with Gasteiger partial charge in [-0.3, -0.25) is 0 Å². The lowest BCUT2D eigenvalue weighted by Gasteiger charge is -2.40. The zero-order chi connectivity index (χ0) is 9.03. The van der Waals surface area contributed by atoms with Crippen LogP contribution in [0, 0.1) is 5.41 Å². The Morgan fingerprint density at radius 3 is 2.17 bits per heavy atom. The molecule has 1 aliphatic rings. The van der Waals surface area contributed by atoms with Gasteiger partial charge in [-0.15, -0.1) is 0 Å². The molecule has 0 spiro atoms. The summed E-state index contributed by atoms with van der Waals surface area (Å²) in [6.07, 6.45) is 7.03. The van der Waals surface area contributed by atoms with Gasteiger partial charge >= 0.3 is 0 Å². The normalized spacial score (nSPS) is 24.2. The molecule has 0 amide bonds. The Kier molecular flexibility index (Phi) is 3.57. The largest absolute Gasteiger partial charge is 0.306 e. The summed E-state index contributed by atoms with van der Waals surface area (Å²) in [6, 6.07) is 0. The second-order valence-electron chi connectivity index (χ2n) is 4.41. The monoisotopic (exact) mass is 169 g/mol. The molecule has 0 radical (unpaired) electrons. The number of rotatable bonds is 3. The highest BCUT2D eigenvalue weighted by Crippen LogP contribution is 2.38. The van der Waals surface area contributed by atoms with E-state index in [1.807, 2.05) is 0 Å². The summed E-state index contributed by atoms with van der Waals surface area (Å²) >= 11 is 0. The van der Waals surface area contributed by atoms with Crippen LogP contribution in [0.25, 0.3) is 0 Å². The van der Waals surface area contributed by atoms with Crippen molar-refractivity contribution in [2.75, 3.05) is 20.1 Å². The molecule has 0 atom stereocenters. The van der Waals surface area contributed by atoms with Crippen molar-refractivity contribution in [1.82, 2.24) is 4.90 Å². The molecule has 72 valence electrons. The van der Waals surface area contributed by atoms with Gasteiger partial charge in [-0.2, -0.15) is 0 Å². The summed E-state index contributed by atoms with van der Waals surface area (Å²) in [7, 11) is 2.24. The number of likely N-dealkylation sites (tertiary alicyclic amines) is 1. The smallest absolute Gasteiger partial charge is 0.00165 e. The van der Waals surface area contributed by atoms with Gasteiger partial charge in [0.1, 0.15) is 0 Å². The second kappa shape index (κ2) is 4.27. The third-order valence-electron chi connectivity index (χ3n) is 3.58. The van der Waals surface area contributed by atoms with Crippen molar-refractivity contribution in [3.63, 3.8) is 0 Å². The molecular weight excluding hydrogens is 146 g/mol. The van der Waals surface area contributed by atoms with Gasteiger partial charge in [0.25, 0.3) is 0 Å². The van der Waals surface area contributed by atoms with Gasteiger partial charge < -0.3 is 4.90 Å². The first-order chi connectivity index (χ1) is 5.72. The maximum Gasteiger partial charge on any atom is -0.00165 e. The molecule has 1 heterocycles. The summed E-state index contributed by atoms with van der Waals surface area (Å²) in [4.78, 5) is 2.46. The average molecular weight is 169 g/mol. The summed E-state index contributed by atoms with van der Waals surface area (Å²) < 4.78 is 0. The molecule has 0 aromatic rings. The summed E-state index contributed by atoms with van der Waals surface area (Å²) in [5, 5.41) is 0. The van der Waals surface area contributed by atoms with E-state index in [-0.39, 0.29) is 0 Å². The Hall–Kier alpha value is -0.0400. The molecule has 0 aliphatic carbocycles. The topological polar surface area (TPSA) is 3.24 Å². The molecule has 12 heavy (non-hydrogen) atoms. The average Bonchev–Trinajstić information content (AvgIpc) is 2.10. The molecular formula is C11H23N. The molecule has 0 unspecified atom stereocenters. The van der Waals surface area contributed by atoms with Gasteiger partial charge in [0.15, 0.2) is 0 Å². The van der Waals surface area contributed by atoms with E-state index in [1.54, 1.807) is 0 Å². The maximum atomic E-state index is 2.46.